The summed E-state index contributed by atoms with van der Waals surface area (Å²) in [7, 11) is 0. The molecule has 0 atom stereocenters. The Bertz CT molecular complexity index is 750. The lowest BCUT2D eigenvalue weighted by Gasteiger charge is -2.16. The number of nitrogens with one attached hydrogen (secondary N) is 1. The van der Waals surface area contributed by atoms with Gasteiger partial charge in [0.05, 0.1) is 11.1 Å². The molecule has 0 unspecified atom stereocenters. The molecule has 98 valence electrons. The third-order valence-corrected chi connectivity index (χ3v) is 3.01. The van der Waals surface area contributed by atoms with Gasteiger partial charge in [-0.3, -0.25) is 9.59 Å². The molecule has 2 aromatic rings. The van der Waals surface area contributed by atoms with Gasteiger partial charge in [0.25, 0.3) is 5.91 Å². The number of pyridine rings is 1. The summed E-state index contributed by atoms with van der Waals surface area (Å²) in [6, 6.07) is 9.73. The van der Waals surface area contributed by atoms with Crippen LogP contribution in [0.2, 0.25) is 0 Å². The lowest BCUT2D eigenvalue weighted by atomic mass is 9.97. The molecule has 1 aromatic heterocycles. The van der Waals surface area contributed by atoms with Gasteiger partial charge in [-0.2, -0.15) is 0 Å². The van der Waals surface area contributed by atoms with E-state index in [-0.39, 0.29) is 17.1 Å². The van der Waals surface area contributed by atoms with E-state index in [2.05, 4.69) is 10.3 Å². The number of hydrogen-bond acceptors (Lipinski definition) is 4. The first kappa shape index (κ1) is 12.1. The first-order chi connectivity index (χ1) is 9.66. The fourth-order valence-corrected chi connectivity index (χ4v) is 2.01. The largest absolute Gasteiger partial charge is 0.507 e. The van der Waals surface area contributed by atoms with Gasteiger partial charge in [0.15, 0.2) is 0 Å². The van der Waals surface area contributed by atoms with Crippen LogP contribution in [0.1, 0.15) is 15.9 Å². The fourth-order valence-electron chi connectivity index (χ4n) is 2.01. The van der Waals surface area contributed by atoms with Crippen molar-refractivity contribution in [2.24, 2.45) is 0 Å². The highest BCUT2D eigenvalue weighted by atomic mass is 16.3. The van der Waals surface area contributed by atoms with E-state index in [4.69, 9.17) is 0 Å². The fraction of sp³-hybridized carbons (Fsp3) is 0. The van der Waals surface area contributed by atoms with Crippen LogP contribution < -0.4 is 5.32 Å². The Labute approximate surface area is 114 Å². The number of aromatic nitrogens is 1. The van der Waals surface area contributed by atoms with E-state index >= 15 is 0 Å². The molecule has 5 nitrogen and oxygen atoms in total. The maximum atomic E-state index is 12.3. The van der Waals surface area contributed by atoms with Crippen LogP contribution in [-0.4, -0.2) is 21.8 Å². The van der Waals surface area contributed by atoms with Crippen LogP contribution in [0.15, 0.2) is 48.2 Å². The number of para-hydroxylation sites is 1. The molecule has 1 amide bonds. The number of hydrogen-bond donors (Lipinski definition) is 2. The van der Waals surface area contributed by atoms with Gasteiger partial charge in [-0.05, 0) is 24.3 Å². The second-order valence-electron chi connectivity index (χ2n) is 4.30. The Morgan fingerprint density at radius 2 is 1.90 bits per heavy atom. The molecule has 3 rings (SSSR count). The van der Waals surface area contributed by atoms with Gasteiger partial charge in [-0.15, -0.1) is 0 Å². The van der Waals surface area contributed by atoms with Crippen molar-refractivity contribution in [3.63, 3.8) is 0 Å². The molecule has 0 saturated heterocycles. The smallest absolute Gasteiger partial charge is 0.260 e. The van der Waals surface area contributed by atoms with Gasteiger partial charge in [-0.25, -0.2) is 4.98 Å². The Morgan fingerprint density at radius 1 is 1.10 bits per heavy atom. The van der Waals surface area contributed by atoms with E-state index in [0.29, 0.717) is 11.1 Å². The molecule has 0 saturated carbocycles. The number of carbonyl (C=O) groups is 2. The predicted octanol–water partition coefficient (Wildman–Crippen LogP) is 2.01. The highest BCUT2D eigenvalue weighted by molar-refractivity contribution is 6.35. The van der Waals surface area contributed by atoms with Crippen LogP contribution in [0.25, 0.3) is 6.08 Å². The molecule has 2 heterocycles. The number of amides is 1. The molecule has 5 heteroatoms. The van der Waals surface area contributed by atoms with E-state index in [0.717, 1.165) is 0 Å². The molecule has 20 heavy (non-hydrogen) atoms. The third kappa shape index (κ3) is 1.95. The Morgan fingerprint density at radius 3 is 2.70 bits per heavy atom. The van der Waals surface area contributed by atoms with Crippen molar-refractivity contribution in [3.05, 3.63) is 59.3 Å². The Kier molecular flexibility index (Phi) is 2.80. The van der Waals surface area contributed by atoms with Crippen LogP contribution in [0.5, 0.6) is 5.75 Å². The highest BCUT2D eigenvalue weighted by Gasteiger charge is 2.29. The summed E-state index contributed by atoms with van der Waals surface area (Å²) in [5, 5.41) is 12.3. The van der Waals surface area contributed by atoms with Gasteiger partial charge in [0.2, 0.25) is 5.78 Å². The van der Waals surface area contributed by atoms with Gasteiger partial charge < -0.3 is 10.4 Å². The molecule has 0 fully saturated rings. The number of ketones is 1. The number of nitrogens with zero attached hydrogens (tertiary/aromatic N) is 1. The monoisotopic (exact) mass is 266 g/mol. The molecule has 0 spiro atoms. The number of rotatable bonds is 1. The van der Waals surface area contributed by atoms with Crippen molar-refractivity contribution in [2.45, 2.75) is 0 Å². The molecule has 1 aliphatic rings. The van der Waals surface area contributed by atoms with Crippen LogP contribution in [0.4, 0.5) is 5.82 Å². The molecule has 2 N–H and O–H groups in total. The lowest BCUT2D eigenvalue weighted by Crippen LogP contribution is -2.28. The molecule has 0 radical (unpaired) electrons. The Hall–Kier alpha value is -2.95. The Balaban J connectivity index is 2.10. The zero-order valence-electron chi connectivity index (χ0n) is 10.3. The van der Waals surface area contributed by atoms with Crippen molar-refractivity contribution in [1.82, 2.24) is 4.98 Å². The average Bonchev–Trinajstić information content (AvgIpc) is 2.45. The zero-order valence-corrected chi connectivity index (χ0v) is 10.3. The number of aromatic hydroxyl groups is 1. The number of carbonyl (C=O) groups excluding carboxylic acids is 2. The van der Waals surface area contributed by atoms with E-state index in [1.54, 1.807) is 30.3 Å². The van der Waals surface area contributed by atoms with Gasteiger partial charge in [-0.1, -0.05) is 18.2 Å². The van der Waals surface area contributed by atoms with E-state index in [1.807, 2.05) is 0 Å². The van der Waals surface area contributed by atoms with Crippen LogP contribution in [0.3, 0.4) is 0 Å². The van der Waals surface area contributed by atoms with Gasteiger partial charge in [0, 0.05) is 11.8 Å². The van der Waals surface area contributed by atoms with Crippen LogP contribution >= 0.6 is 0 Å². The molecule has 1 aromatic carbocycles. The maximum Gasteiger partial charge on any atom is 0.260 e. The predicted molar refractivity (Wildman–Crippen MR) is 73.3 cm³/mol. The zero-order chi connectivity index (χ0) is 14.1. The minimum Gasteiger partial charge on any atom is -0.507 e. The summed E-state index contributed by atoms with van der Waals surface area (Å²) >= 11 is 0. The second-order valence-corrected chi connectivity index (χ2v) is 4.30. The number of Topliss-reactive ketones (excluding diaryl/α,β-unsaturated/α-hetero) is 1. The number of benzene rings is 1. The van der Waals surface area contributed by atoms with E-state index in [9.17, 15) is 14.7 Å². The van der Waals surface area contributed by atoms with Crippen molar-refractivity contribution in [1.29, 1.82) is 0 Å². The minimum absolute atomic E-state index is 0.0117. The summed E-state index contributed by atoms with van der Waals surface area (Å²) in [5.74, 6) is -0.654. The van der Waals surface area contributed by atoms with Crippen LogP contribution in [0, 0.1) is 0 Å². The summed E-state index contributed by atoms with van der Waals surface area (Å²) in [5.41, 5.74) is 0.735. The SMILES string of the molecule is O=C1Nc2ncccc2C(=O)/C1=C/c1ccccc1O. The first-order valence-corrected chi connectivity index (χ1v) is 5.97. The normalized spacial score (nSPS) is 15.9. The minimum atomic E-state index is -0.524. The topological polar surface area (TPSA) is 79.3 Å². The van der Waals surface area contributed by atoms with Crippen molar-refractivity contribution in [3.8, 4) is 5.75 Å². The highest BCUT2D eigenvalue weighted by Crippen LogP contribution is 2.26. The van der Waals surface area contributed by atoms with Crippen LogP contribution in [-0.2, 0) is 4.79 Å². The van der Waals surface area contributed by atoms with Gasteiger partial charge in [0.1, 0.15) is 11.6 Å². The van der Waals surface area contributed by atoms with Gasteiger partial charge >= 0.3 is 0 Å². The number of phenols is 1. The first-order valence-electron chi connectivity index (χ1n) is 5.97. The molecular weight excluding hydrogens is 256 g/mol. The van der Waals surface area contributed by atoms with E-state index < -0.39 is 11.7 Å². The van der Waals surface area contributed by atoms with Crippen molar-refractivity contribution in [2.75, 3.05) is 5.32 Å². The summed E-state index contributed by atoms with van der Waals surface area (Å²) in [6.07, 6.45) is 2.88. The number of anilines is 1. The number of phenolic OH excluding ortho intramolecular Hbond substituents is 1. The third-order valence-electron chi connectivity index (χ3n) is 3.01. The lowest BCUT2D eigenvalue weighted by molar-refractivity contribution is -0.112. The standard InChI is InChI=1S/C15H10N2O3/c18-12-6-2-1-4-9(12)8-11-13(19)10-5-3-7-16-14(10)17-15(11)20/h1-8,18H,(H,16,17,20)/b11-8-. The van der Waals surface area contributed by atoms with Crippen molar-refractivity contribution < 1.29 is 14.7 Å². The molecular formula is C15H10N2O3. The molecule has 0 aliphatic carbocycles. The summed E-state index contributed by atoms with van der Waals surface area (Å²) in [4.78, 5) is 28.2. The second kappa shape index (κ2) is 4.62. The van der Waals surface area contributed by atoms with E-state index in [1.165, 1.54) is 18.3 Å². The maximum absolute atomic E-state index is 12.3. The molecule has 1 aliphatic heterocycles. The summed E-state index contributed by atoms with van der Waals surface area (Å²) < 4.78 is 0. The quantitative estimate of drug-likeness (QED) is 0.611. The summed E-state index contributed by atoms with van der Waals surface area (Å²) in [6.45, 7) is 0. The molecule has 0 bridgehead atoms. The van der Waals surface area contributed by atoms with Crippen molar-refractivity contribution >= 4 is 23.6 Å². The number of fused-ring (bicyclic) bond motifs is 1. The average molecular weight is 266 g/mol.